The van der Waals surface area contributed by atoms with Crippen LogP contribution in [0.2, 0.25) is 0 Å². The van der Waals surface area contributed by atoms with E-state index in [-0.39, 0.29) is 5.91 Å². The highest BCUT2D eigenvalue weighted by Gasteiger charge is 2.10. The summed E-state index contributed by atoms with van der Waals surface area (Å²) in [6.45, 7) is 4.67. The zero-order chi connectivity index (χ0) is 19.1. The Balaban J connectivity index is 1.48. The van der Waals surface area contributed by atoms with Gasteiger partial charge < -0.3 is 5.32 Å². The molecule has 5 heteroatoms. The summed E-state index contributed by atoms with van der Waals surface area (Å²) >= 11 is 1.79. The van der Waals surface area contributed by atoms with Crippen LogP contribution in [0.3, 0.4) is 0 Å². The fourth-order valence-corrected chi connectivity index (χ4v) is 3.64. The van der Waals surface area contributed by atoms with Crippen LogP contribution in [0.25, 0.3) is 0 Å². The number of thioether (sulfide) groups is 1. The Kier molecular flexibility index (Phi) is 6.71. The molecule has 0 aliphatic heterocycles. The van der Waals surface area contributed by atoms with Crippen molar-refractivity contribution in [3.8, 4) is 0 Å². The van der Waals surface area contributed by atoms with Crippen molar-refractivity contribution in [1.82, 2.24) is 9.78 Å². The molecule has 1 aromatic heterocycles. The molecule has 1 heterocycles. The van der Waals surface area contributed by atoms with Crippen molar-refractivity contribution >= 4 is 23.5 Å². The monoisotopic (exact) mass is 379 g/mol. The number of nitrogens with zero attached hydrogens (tertiary/aromatic N) is 2. The highest BCUT2D eigenvalue weighted by atomic mass is 32.2. The van der Waals surface area contributed by atoms with Crippen LogP contribution in [-0.4, -0.2) is 21.4 Å². The molecule has 0 radical (unpaired) electrons. The largest absolute Gasteiger partial charge is 0.311 e. The van der Waals surface area contributed by atoms with E-state index < -0.39 is 0 Å². The summed E-state index contributed by atoms with van der Waals surface area (Å²) in [5.74, 6) is 1.72. The standard InChI is InChI=1S/C22H25N3OS/c1-17-10-12-20(13-11-17)27-14-6-9-22(26)23-21-15-18(2)24-25(21)16-19-7-4-3-5-8-19/h3-5,7-8,10-13,15H,6,9,14,16H2,1-2H3,(H,23,26). The number of anilines is 1. The Morgan fingerprint density at radius 2 is 1.81 bits per heavy atom. The number of aromatic nitrogens is 2. The average molecular weight is 380 g/mol. The van der Waals surface area contributed by atoms with Gasteiger partial charge in [-0.1, -0.05) is 48.0 Å². The molecule has 140 valence electrons. The lowest BCUT2D eigenvalue weighted by Gasteiger charge is -2.09. The predicted molar refractivity (Wildman–Crippen MR) is 112 cm³/mol. The molecule has 0 atom stereocenters. The van der Waals surface area contributed by atoms with Gasteiger partial charge in [-0.15, -0.1) is 11.8 Å². The first-order valence-corrected chi connectivity index (χ1v) is 10.2. The number of rotatable bonds is 8. The summed E-state index contributed by atoms with van der Waals surface area (Å²) in [6.07, 6.45) is 1.35. The second kappa shape index (κ2) is 9.42. The normalized spacial score (nSPS) is 10.7. The third-order valence-electron chi connectivity index (χ3n) is 4.18. The van der Waals surface area contributed by atoms with Gasteiger partial charge in [0.25, 0.3) is 0 Å². The van der Waals surface area contributed by atoms with Gasteiger partial charge >= 0.3 is 0 Å². The van der Waals surface area contributed by atoms with E-state index in [2.05, 4.69) is 53.7 Å². The molecule has 1 amide bonds. The molecule has 0 fully saturated rings. The number of aryl methyl sites for hydroxylation is 2. The second-order valence-electron chi connectivity index (χ2n) is 6.63. The number of carbonyl (C=O) groups is 1. The molecule has 0 aliphatic carbocycles. The van der Waals surface area contributed by atoms with Crippen molar-refractivity contribution in [1.29, 1.82) is 0 Å². The Hall–Kier alpha value is -2.53. The number of nitrogens with one attached hydrogen (secondary N) is 1. The van der Waals surface area contributed by atoms with Gasteiger partial charge in [-0.05, 0) is 43.7 Å². The highest BCUT2D eigenvalue weighted by molar-refractivity contribution is 7.99. The molecule has 0 unspecified atom stereocenters. The highest BCUT2D eigenvalue weighted by Crippen LogP contribution is 2.20. The predicted octanol–water partition coefficient (Wildman–Crippen LogP) is 5.06. The van der Waals surface area contributed by atoms with Gasteiger partial charge in [0, 0.05) is 17.4 Å². The molecule has 0 spiro atoms. The van der Waals surface area contributed by atoms with Crippen molar-refractivity contribution in [2.45, 2.75) is 38.1 Å². The first-order valence-electron chi connectivity index (χ1n) is 9.18. The third-order valence-corrected chi connectivity index (χ3v) is 5.28. The number of amides is 1. The topological polar surface area (TPSA) is 46.9 Å². The summed E-state index contributed by atoms with van der Waals surface area (Å²) in [5, 5.41) is 7.51. The first kappa shape index (κ1) is 19.2. The Morgan fingerprint density at radius 3 is 2.56 bits per heavy atom. The van der Waals surface area contributed by atoms with E-state index >= 15 is 0 Å². The van der Waals surface area contributed by atoms with Crippen LogP contribution in [-0.2, 0) is 11.3 Å². The van der Waals surface area contributed by atoms with Crippen molar-refractivity contribution in [3.05, 3.63) is 77.5 Å². The lowest BCUT2D eigenvalue weighted by Crippen LogP contribution is -2.16. The van der Waals surface area contributed by atoms with E-state index in [4.69, 9.17) is 0 Å². The summed E-state index contributed by atoms with van der Waals surface area (Å²) in [4.78, 5) is 13.6. The van der Waals surface area contributed by atoms with E-state index in [1.807, 2.05) is 35.9 Å². The van der Waals surface area contributed by atoms with Gasteiger partial charge in [0.15, 0.2) is 0 Å². The number of hydrogen-bond donors (Lipinski definition) is 1. The smallest absolute Gasteiger partial charge is 0.225 e. The van der Waals surface area contributed by atoms with E-state index in [1.165, 1.54) is 10.5 Å². The van der Waals surface area contributed by atoms with Crippen molar-refractivity contribution < 1.29 is 4.79 Å². The minimum atomic E-state index is 0.0358. The van der Waals surface area contributed by atoms with Crippen LogP contribution in [0.1, 0.15) is 29.7 Å². The van der Waals surface area contributed by atoms with E-state index in [1.54, 1.807) is 11.8 Å². The van der Waals surface area contributed by atoms with Crippen LogP contribution in [0.4, 0.5) is 5.82 Å². The Morgan fingerprint density at radius 1 is 1.07 bits per heavy atom. The summed E-state index contributed by atoms with van der Waals surface area (Å²) < 4.78 is 1.85. The number of benzene rings is 2. The molecule has 0 bridgehead atoms. The second-order valence-corrected chi connectivity index (χ2v) is 7.80. The van der Waals surface area contributed by atoms with Gasteiger partial charge in [0.2, 0.25) is 5.91 Å². The van der Waals surface area contributed by atoms with Crippen LogP contribution in [0.15, 0.2) is 65.6 Å². The van der Waals surface area contributed by atoms with E-state index in [0.717, 1.165) is 29.2 Å². The van der Waals surface area contributed by atoms with Gasteiger partial charge in [-0.2, -0.15) is 5.10 Å². The summed E-state index contributed by atoms with van der Waals surface area (Å²) in [7, 11) is 0. The van der Waals surface area contributed by atoms with Gasteiger partial charge in [-0.3, -0.25) is 4.79 Å². The maximum absolute atomic E-state index is 12.3. The third kappa shape index (κ3) is 6.00. The first-order chi connectivity index (χ1) is 13.1. The fourth-order valence-electron chi connectivity index (χ4n) is 2.79. The van der Waals surface area contributed by atoms with Crippen LogP contribution in [0.5, 0.6) is 0 Å². The number of carbonyl (C=O) groups excluding carboxylic acids is 1. The zero-order valence-corrected chi connectivity index (χ0v) is 16.6. The molecule has 0 aliphatic rings. The molecule has 1 N–H and O–H groups in total. The molecule has 27 heavy (non-hydrogen) atoms. The zero-order valence-electron chi connectivity index (χ0n) is 15.8. The van der Waals surface area contributed by atoms with Crippen molar-refractivity contribution in [3.63, 3.8) is 0 Å². The summed E-state index contributed by atoms with van der Waals surface area (Å²) in [6, 6.07) is 20.5. The molecule has 3 aromatic rings. The van der Waals surface area contributed by atoms with Gasteiger partial charge in [0.1, 0.15) is 5.82 Å². The minimum Gasteiger partial charge on any atom is -0.311 e. The molecule has 0 saturated carbocycles. The van der Waals surface area contributed by atoms with E-state index in [0.29, 0.717) is 13.0 Å². The van der Waals surface area contributed by atoms with Crippen LogP contribution >= 0.6 is 11.8 Å². The minimum absolute atomic E-state index is 0.0358. The summed E-state index contributed by atoms with van der Waals surface area (Å²) in [5.41, 5.74) is 3.32. The molecule has 3 rings (SSSR count). The van der Waals surface area contributed by atoms with Gasteiger partial charge in [-0.25, -0.2) is 4.68 Å². The molecule has 0 saturated heterocycles. The fraction of sp³-hybridized carbons (Fsp3) is 0.273. The Bertz CT molecular complexity index is 872. The quantitative estimate of drug-likeness (QED) is 0.440. The lowest BCUT2D eigenvalue weighted by molar-refractivity contribution is -0.116. The molecular weight excluding hydrogens is 354 g/mol. The van der Waals surface area contributed by atoms with Crippen molar-refractivity contribution in [2.24, 2.45) is 0 Å². The van der Waals surface area contributed by atoms with Crippen LogP contribution in [0, 0.1) is 13.8 Å². The van der Waals surface area contributed by atoms with Crippen LogP contribution < -0.4 is 5.32 Å². The maximum atomic E-state index is 12.3. The number of hydrogen-bond acceptors (Lipinski definition) is 3. The van der Waals surface area contributed by atoms with Crippen molar-refractivity contribution in [2.75, 3.05) is 11.1 Å². The van der Waals surface area contributed by atoms with Gasteiger partial charge in [0.05, 0.1) is 12.2 Å². The molecular formula is C22H25N3OS. The maximum Gasteiger partial charge on any atom is 0.225 e. The molecule has 2 aromatic carbocycles. The SMILES string of the molecule is Cc1ccc(SCCCC(=O)Nc2cc(C)nn2Cc2ccccc2)cc1. The van der Waals surface area contributed by atoms with E-state index in [9.17, 15) is 4.79 Å². The average Bonchev–Trinajstić information content (AvgIpc) is 3.00. The lowest BCUT2D eigenvalue weighted by atomic mass is 10.2. The molecule has 4 nitrogen and oxygen atoms in total. The Labute approximate surface area is 165 Å².